The molecule has 6 nitrogen and oxygen atoms in total. The molecule has 0 aliphatic carbocycles. The van der Waals surface area contributed by atoms with Crippen LogP contribution in [-0.2, 0) is 0 Å². The van der Waals surface area contributed by atoms with Gasteiger partial charge in [-0.25, -0.2) is 4.98 Å². The molecule has 3 rings (SSSR count). The van der Waals surface area contributed by atoms with Crippen LogP contribution in [0.1, 0.15) is 34.8 Å². The van der Waals surface area contributed by atoms with E-state index in [1.807, 2.05) is 12.1 Å². The smallest absolute Gasteiger partial charge is 0.251 e. The number of nitrogens with two attached hydrogens (primary N) is 2. The van der Waals surface area contributed by atoms with Gasteiger partial charge >= 0.3 is 0 Å². The van der Waals surface area contributed by atoms with Crippen LogP contribution in [-0.4, -0.2) is 29.8 Å². The van der Waals surface area contributed by atoms with Crippen molar-refractivity contribution in [2.75, 3.05) is 18.8 Å². The average molecular weight is 420 g/mol. The number of aromatic nitrogens is 1. The first-order valence-electron chi connectivity index (χ1n) is 9.44. The maximum atomic E-state index is 12.2. The molecule has 5 N–H and O–H groups in total. The fourth-order valence-electron chi connectivity index (χ4n) is 2.81. The maximum Gasteiger partial charge on any atom is 0.251 e. The zero-order valence-electron chi connectivity index (χ0n) is 16.6. The molecule has 0 atom stereocenters. The number of nitrogen functional groups attached to an aromatic ring is 1. The van der Waals surface area contributed by atoms with Gasteiger partial charge in [-0.05, 0) is 49.7 Å². The molecular formula is C23H22ClN5O. The minimum Gasteiger partial charge on any atom is -0.388 e. The van der Waals surface area contributed by atoms with Crippen LogP contribution in [0.15, 0.2) is 53.7 Å². The largest absolute Gasteiger partial charge is 0.388 e. The number of anilines is 1. The van der Waals surface area contributed by atoms with E-state index in [4.69, 9.17) is 23.1 Å². The van der Waals surface area contributed by atoms with Gasteiger partial charge in [0.1, 0.15) is 5.82 Å². The normalized spacial score (nSPS) is 11.1. The van der Waals surface area contributed by atoms with Crippen molar-refractivity contribution in [1.29, 1.82) is 0 Å². The van der Waals surface area contributed by atoms with Gasteiger partial charge in [0.05, 0.1) is 11.4 Å². The summed E-state index contributed by atoms with van der Waals surface area (Å²) >= 11 is 6.12. The number of rotatable bonds is 5. The first-order valence-corrected chi connectivity index (χ1v) is 9.82. The lowest BCUT2D eigenvalue weighted by Gasteiger charge is -2.05. The molecule has 0 radical (unpaired) electrons. The van der Waals surface area contributed by atoms with E-state index in [-0.39, 0.29) is 5.91 Å². The van der Waals surface area contributed by atoms with Gasteiger partial charge in [-0.2, -0.15) is 0 Å². The summed E-state index contributed by atoms with van der Waals surface area (Å²) in [5.41, 5.74) is 13.5. The third kappa shape index (κ3) is 5.49. The quantitative estimate of drug-likeness (QED) is 0.255. The summed E-state index contributed by atoms with van der Waals surface area (Å²) in [7, 11) is 0. The second-order valence-electron chi connectivity index (χ2n) is 6.71. The molecule has 2 aromatic carbocycles. The number of aliphatic imine (C=N–C) groups is 1. The number of amidine groups is 1. The molecule has 7 heteroatoms. The van der Waals surface area contributed by atoms with Gasteiger partial charge in [0.25, 0.3) is 5.91 Å². The summed E-state index contributed by atoms with van der Waals surface area (Å²) in [5.74, 6) is 6.92. The van der Waals surface area contributed by atoms with Crippen molar-refractivity contribution in [2.24, 2.45) is 10.7 Å². The number of pyridine rings is 1. The molecule has 30 heavy (non-hydrogen) atoms. The summed E-state index contributed by atoms with van der Waals surface area (Å²) in [6, 6.07) is 12.6. The molecule has 0 aliphatic rings. The highest BCUT2D eigenvalue weighted by molar-refractivity contribution is 6.31. The van der Waals surface area contributed by atoms with Crippen LogP contribution >= 0.6 is 11.6 Å². The Bertz CT molecular complexity index is 1150. The molecule has 3 aromatic rings. The van der Waals surface area contributed by atoms with Crippen molar-refractivity contribution in [1.82, 2.24) is 10.3 Å². The summed E-state index contributed by atoms with van der Waals surface area (Å²) < 4.78 is 0. The highest BCUT2D eigenvalue weighted by atomic mass is 35.5. The van der Waals surface area contributed by atoms with Crippen molar-refractivity contribution in [3.63, 3.8) is 0 Å². The summed E-state index contributed by atoms with van der Waals surface area (Å²) in [4.78, 5) is 20.5. The summed E-state index contributed by atoms with van der Waals surface area (Å²) in [6.45, 7) is 2.87. The van der Waals surface area contributed by atoms with E-state index >= 15 is 0 Å². The van der Waals surface area contributed by atoms with E-state index in [1.165, 1.54) is 0 Å². The van der Waals surface area contributed by atoms with Crippen LogP contribution in [0.3, 0.4) is 0 Å². The molecule has 0 fully saturated rings. The number of carbonyl (C=O) groups excluding carboxylic acids is 1. The first kappa shape index (κ1) is 21.2. The van der Waals surface area contributed by atoms with E-state index < -0.39 is 0 Å². The highest BCUT2D eigenvalue weighted by Gasteiger charge is 2.06. The minimum absolute atomic E-state index is 0.139. The number of carbonyl (C=O) groups is 1. The highest BCUT2D eigenvalue weighted by Crippen LogP contribution is 2.24. The number of nitrogens with zero attached hydrogens (tertiary/aromatic N) is 2. The molecule has 152 valence electrons. The van der Waals surface area contributed by atoms with Crippen LogP contribution in [0, 0.1) is 11.8 Å². The average Bonchev–Trinajstić information content (AvgIpc) is 2.73. The molecule has 1 aromatic heterocycles. The number of amides is 1. The van der Waals surface area contributed by atoms with Gasteiger partial charge in [-0.15, -0.1) is 0 Å². The SMILES string of the molecule is CC(N)=NCCCNC(=O)c1ccc(C#Cc2c(N)ncc3ccc(Cl)cc23)cc1. The number of fused-ring (bicyclic) bond motifs is 1. The zero-order valence-corrected chi connectivity index (χ0v) is 17.3. The van der Waals surface area contributed by atoms with Gasteiger partial charge in [0, 0.05) is 46.2 Å². The lowest BCUT2D eigenvalue weighted by Crippen LogP contribution is -2.25. The summed E-state index contributed by atoms with van der Waals surface area (Å²) in [5, 5.41) is 5.24. The van der Waals surface area contributed by atoms with Gasteiger partial charge < -0.3 is 16.8 Å². The number of benzene rings is 2. The minimum atomic E-state index is -0.139. The fourth-order valence-corrected chi connectivity index (χ4v) is 2.98. The predicted octanol–water partition coefficient (Wildman–Crippen LogP) is 3.37. The lowest BCUT2D eigenvalue weighted by molar-refractivity contribution is 0.0953. The van der Waals surface area contributed by atoms with Crippen molar-refractivity contribution in [3.8, 4) is 11.8 Å². The van der Waals surface area contributed by atoms with Crippen LogP contribution in [0.4, 0.5) is 5.82 Å². The zero-order chi connectivity index (χ0) is 21.5. The Kier molecular flexibility index (Phi) is 6.89. The van der Waals surface area contributed by atoms with Crippen molar-refractivity contribution < 1.29 is 4.79 Å². The Hall–Kier alpha value is -3.56. The number of halogens is 1. The van der Waals surface area contributed by atoms with Crippen molar-refractivity contribution in [3.05, 3.63) is 70.4 Å². The van der Waals surface area contributed by atoms with Gasteiger partial charge in [-0.3, -0.25) is 9.79 Å². The Morgan fingerprint density at radius 1 is 1.20 bits per heavy atom. The van der Waals surface area contributed by atoms with Gasteiger partial charge in [0.15, 0.2) is 0 Å². The number of nitrogens with one attached hydrogen (secondary N) is 1. The van der Waals surface area contributed by atoms with E-state index in [9.17, 15) is 4.79 Å². The standard InChI is InChI=1S/C23H22ClN5O/c1-15(25)27-11-2-12-28-23(30)17-6-3-16(4-7-17)5-10-20-21-13-19(24)9-8-18(21)14-29-22(20)26/h3-4,6-9,13-14H,2,11-12H2,1H3,(H2,25,27)(H2,26,29)(H,28,30). The molecular weight excluding hydrogens is 398 g/mol. The monoisotopic (exact) mass is 419 g/mol. The Morgan fingerprint density at radius 2 is 1.97 bits per heavy atom. The van der Waals surface area contributed by atoms with Crippen LogP contribution in [0.2, 0.25) is 5.02 Å². The number of hydrogen-bond acceptors (Lipinski definition) is 4. The second-order valence-corrected chi connectivity index (χ2v) is 7.15. The number of hydrogen-bond donors (Lipinski definition) is 3. The molecule has 1 heterocycles. The van der Waals surface area contributed by atoms with Crippen LogP contribution in [0.5, 0.6) is 0 Å². The lowest BCUT2D eigenvalue weighted by atomic mass is 10.1. The topological polar surface area (TPSA) is 106 Å². The molecule has 0 bridgehead atoms. The van der Waals surface area contributed by atoms with E-state index in [0.29, 0.717) is 40.9 Å². The van der Waals surface area contributed by atoms with E-state index in [2.05, 4.69) is 27.1 Å². The molecule has 0 unspecified atom stereocenters. The maximum absolute atomic E-state index is 12.2. The van der Waals surface area contributed by atoms with E-state index in [0.717, 1.165) is 22.8 Å². The summed E-state index contributed by atoms with van der Waals surface area (Å²) in [6.07, 6.45) is 2.43. The third-order valence-electron chi connectivity index (χ3n) is 4.34. The second kappa shape index (κ2) is 9.77. The van der Waals surface area contributed by atoms with Gasteiger partial charge in [-0.1, -0.05) is 29.5 Å². The third-order valence-corrected chi connectivity index (χ3v) is 4.58. The Morgan fingerprint density at radius 3 is 2.70 bits per heavy atom. The van der Waals surface area contributed by atoms with Crippen LogP contribution in [0.25, 0.3) is 10.8 Å². The van der Waals surface area contributed by atoms with Crippen LogP contribution < -0.4 is 16.8 Å². The Balaban J connectivity index is 1.70. The Labute approximate surface area is 180 Å². The molecule has 0 aliphatic heterocycles. The van der Waals surface area contributed by atoms with E-state index in [1.54, 1.807) is 43.5 Å². The molecule has 0 spiro atoms. The van der Waals surface area contributed by atoms with Gasteiger partial charge in [0.2, 0.25) is 0 Å². The predicted molar refractivity (Wildman–Crippen MR) is 123 cm³/mol. The van der Waals surface area contributed by atoms with Crippen molar-refractivity contribution in [2.45, 2.75) is 13.3 Å². The van der Waals surface area contributed by atoms with Crippen molar-refractivity contribution >= 4 is 39.9 Å². The molecule has 0 saturated heterocycles. The molecule has 1 amide bonds. The molecule has 0 saturated carbocycles. The first-order chi connectivity index (χ1) is 14.4. The fraction of sp³-hybridized carbons (Fsp3) is 0.174.